The number of aliphatic hydroxyl groups is 2. The van der Waals surface area contributed by atoms with Gasteiger partial charge in [-0.05, 0) is 25.0 Å². The van der Waals surface area contributed by atoms with E-state index in [0.29, 0.717) is 23.0 Å². The van der Waals surface area contributed by atoms with E-state index in [2.05, 4.69) is 0 Å². The number of piperidine rings is 1. The maximum Gasteiger partial charge on any atom is 0.225 e. The smallest absolute Gasteiger partial charge is 0.225 e. The van der Waals surface area contributed by atoms with Gasteiger partial charge in [-0.25, -0.2) is 0 Å². The fourth-order valence-corrected chi connectivity index (χ4v) is 2.48. The van der Waals surface area contributed by atoms with Gasteiger partial charge in [0, 0.05) is 19.2 Å². The minimum atomic E-state index is -1.17. The summed E-state index contributed by atoms with van der Waals surface area (Å²) in [5, 5.41) is 19.6. The number of carbonyl (C=O) groups is 1. The molecule has 1 atom stereocenters. The van der Waals surface area contributed by atoms with Gasteiger partial charge in [0.15, 0.2) is 0 Å². The Bertz CT molecular complexity index is 527. The number of likely N-dealkylation sites (tertiary alicyclic amines) is 1. The van der Waals surface area contributed by atoms with Crippen LogP contribution in [0.15, 0.2) is 18.2 Å². The summed E-state index contributed by atoms with van der Waals surface area (Å²) in [5.41, 5.74) is -1.17. The Morgan fingerprint density at radius 2 is 2.04 bits per heavy atom. The van der Waals surface area contributed by atoms with Gasteiger partial charge in [-0.1, -0.05) is 30.1 Å². The van der Waals surface area contributed by atoms with Crippen molar-refractivity contribution in [1.29, 1.82) is 0 Å². The van der Waals surface area contributed by atoms with Crippen LogP contribution in [0.25, 0.3) is 0 Å². The molecule has 1 aliphatic rings. The minimum absolute atomic E-state index is 0.0512. The van der Waals surface area contributed by atoms with Crippen molar-refractivity contribution in [3.8, 4) is 5.75 Å². The molecule has 1 aliphatic heterocycles. The molecule has 23 heavy (non-hydrogen) atoms. The first kappa shape index (κ1) is 20.0. The Kier molecular flexibility index (Phi) is 8.12. The van der Waals surface area contributed by atoms with Crippen LogP contribution < -0.4 is 4.74 Å². The van der Waals surface area contributed by atoms with Gasteiger partial charge in [0.05, 0.1) is 35.8 Å². The molecule has 130 valence electrons. The highest BCUT2D eigenvalue weighted by atomic mass is 35.5. The van der Waals surface area contributed by atoms with E-state index in [1.165, 1.54) is 0 Å². The number of halogens is 2. The molecular weight excluding hydrogens is 341 g/mol. The second kappa shape index (κ2) is 9.33. The van der Waals surface area contributed by atoms with Crippen LogP contribution in [-0.4, -0.2) is 53.4 Å². The Morgan fingerprint density at radius 1 is 1.35 bits per heavy atom. The first-order valence-electron chi connectivity index (χ1n) is 7.45. The van der Waals surface area contributed by atoms with E-state index >= 15 is 0 Å². The summed E-state index contributed by atoms with van der Waals surface area (Å²) in [6.07, 6.45) is 1.47. The Hall–Kier alpha value is -1.01. The van der Waals surface area contributed by atoms with Crippen LogP contribution >= 0.6 is 23.2 Å². The van der Waals surface area contributed by atoms with Crippen molar-refractivity contribution in [3.63, 3.8) is 0 Å². The van der Waals surface area contributed by atoms with E-state index in [1.807, 2.05) is 6.92 Å². The summed E-state index contributed by atoms with van der Waals surface area (Å²) in [5.74, 6) is 0.666. The number of nitrogens with zero attached hydrogens (tertiary/aromatic N) is 1. The third-order valence-corrected chi connectivity index (χ3v) is 4.33. The van der Waals surface area contributed by atoms with Gasteiger partial charge in [0.2, 0.25) is 5.91 Å². The van der Waals surface area contributed by atoms with Gasteiger partial charge in [-0.15, -0.1) is 0 Å². The Morgan fingerprint density at radius 3 is 2.52 bits per heavy atom. The summed E-state index contributed by atoms with van der Waals surface area (Å²) < 4.78 is 4.91. The zero-order valence-corrected chi connectivity index (χ0v) is 14.9. The SMILES string of the molecule is CCCN1CCC(O)(CO)CC1=O.COc1ccc(Cl)c(Cl)c1. The normalized spacial score (nSPS) is 20.8. The molecule has 1 saturated heterocycles. The predicted octanol–water partition coefficient (Wildman–Crippen LogP) is 2.74. The van der Waals surface area contributed by atoms with Crippen LogP contribution in [0.1, 0.15) is 26.2 Å². The van der Waals surface area contributed by atoms with Gasteiger partial charge in [-0.3, -0.25) is 4.79 Å². The lowest BCUT2D eigenvalue weighted by molar-refractivity contribution is -0.146. The number of amides is 1. The second-order valence-corrected chi connectivity index (χ2v) is 6.28. The number of hydrogen-bond donors (Lipinski definition) is 2. The van der Waals surface area contributed by atoms with Crippen LogP contribution in [0, 0.1) is 0 Å². The number of aliphatic hydroxyl groups excluding tert-OH is 1. The molecule has 1 unspecified atom stereocenters. The molecule has 1 heterocycles. The van der Waals surface area contributed by atoms with Crippen molar-refractivity contribution >= 4 is 29.1 Å². The Balaban J connectivity index is 0.000000238. The molecule has 0 spiro atoms. The molecule has 2 N–H and O–H groups in total. The van der Waals surface area contributed by atoms with Gasteiger partial charge >= 0.3 is 0 Å². The number of benzene rings is 1. The maximum atomic E-state index is 11.4. The lowest BCUT2D eigenvalue weighted by atomic mass is 9.92. The Labute approximate surface area is 146 Å². The zero-order chi connectivity index (χ0) is 17.5. The van der Waals surface area contributed by atoms with E-state index in [1.54, 1.807) is 30.2 Å². The summed E-state index contributed by atoms with van der Waals surface area (Å²) in [6, 6.07) is 5.13. The zero-order valence-electron chi connectivity index (χ0n) is 13.4. The number of ether oxygens (including phenoxy) is 1. The fourth-order valence-electron chi connectivity index (χ4n) is 2.19. The van der Waals surface area contributed by atoms with E-state index in [0.717, 1.165) is 18.7 Å². The average Bonchev–Trinajstić information content (AvgIpc) is 2.54. The molecule has 7 heteroatoms. The quantitative estimate of drug-likeness (QED) is 0.862. The first-order chi connectivity index (χ1) is 10.8. The molecule has 0 aromatic heterocycles. The largest absolute Gasteiger partial charge is 0.497 e. The van der Waals surface area contributed by atoms with Gasteiger partial charge in [0.25, 0.3) is 0 Å². The summed E-state index contributed by atoms with van der Waals surface area (Å²) >= 11 is 11.3. The standard InChI is InChI=1S/C9H17NO3.C7H6Cl2O/c1-2-4-10-5-3-9(13,7-11)6-8(10)12;1-10-5-2-3-6(8)7(9)4-5/h11,13H,2-7H2,1H3;2-4H,1H3. The summed E-state index contributed by atoms with van der Waals surface area (Å²) in [6.45, 7) is 3.00. The first-order valence-corrected chi connectivity index (χ1v) is 8.21. The molecule has 1 fully saturated rings. The number of carbonyl (C=O) groups excluding carboxylic acids is 1. The topological polar surface area (TPSA) is 70.0 Å². The number of methoxy groups -OCH3 is 1. The highest BCUT2D eigenvalue weighted by Crippen LogP contribution is 2.25. The molecule has 1 aromatic rings. The lowest BCUT2D eigenvalue weighted by Gasteiger charge is -2.36. The van der Waals surface area contributed by atoms with Crippen molar-refractivity contribution in [1.82, 2.24) is 4.90 Å². The van der Waals surface area contributed by atoms with Crippen molar-refractivity contribution < 1.29 is 19.7 Å². The number of hydrogen-bond acceptors (Lipinski definition) is 4. The van der Waals surface area contributed by atoms with Gasteiger partial charge in [0.1, 0.15) is 5.75 Å². The van der Waals surface area contributed by atoms with E-state index < -0.39 is 5.60 Å². The highest BCUT2D eigenvalue weighted by molar-refractivity contribution is 6.42. The lowest BCUT2D eigenvalue weighted by Crippen LogP contribution is -2.49. The maximum absolute atomic E-state index is 11.4. The highest BCUT2D eigenvalue weighted by Gasteiger charge is 2.36. The molecule has 2 rings (SSSR count). The van der Waals surface area contributed by atoms with E-state index in [-0.39, 0.29) is 18.9 Å². The van der Waals surface area contributed by atoms with Gasteiger partial charge in [-0.2, -0.15) is 0 Å². The van der Waals surface area contributed by atoms with E-state index in [9.17, 15) is 9.90 Å². The van der Waals surface area contributed by atoms with Crippen LogP contribution in [-0.2, 0) is 4.79 Å². The van der Waals surface area contributed by atoms with Crippen LogP contribution in [0.3, 0.4) is 0 Å². The summed E-state index contributed by atoms with van der Waals surface area (Å²) in [4.78, 5) is 13.2. The molecule has 5 nitrogen and oxygen atoms in total. The van der Waals surface area contributed by atoms with Crippen molar-refractivity contribution in [2.24, 2.45) is 0 Å². The van der Waals surface area contributed by atoms with Crippen LogP contribution in [0.4, 0.5) is 0 Å². The van der Waals surface area contributed by atoms with E-state index in [4.69, 9.17) is 33.0 Å². The molecular formula is C16H23Cl2NO4. The minimum Gasteiger partial charge on any atom is -0.497 e. The fraction of sp³-hybridized carbons (Fsp3) is 0.562. The number of rotatable bonds is 4. The monoisotopic (exact) mass is 363 g/mol. The average molecular weight is 364 g/mol. The molecule has 1 amide bonds. The van der Waals surface area contributed by atoms with Crippen molar-refractivity contribution in [2.45, 2.75) is 31.8 Å². The summed E-state index contributed by atoms with van der Waals surface area (Å²) in [7, 11) is 1.58. The van der Waals surface area contributed by atoms with Crippen molar-refractivity contribution in [2.75, 3.05) is 26.8 Å². The predicted molar refractivity (Wildman–Crippen MR) is 91.2 cm³/mol. The molecule has 0 saturated carbocycles. The van der Waals surface area contributed by atoms with Crippen LogP contribution in [0.5, 0.6) is 5.75 Å². The molecule has 1 aromatic carbocycles. The third-order valence-electron chi connectivity index (χ3n) is 3.59. The molecule has 0 bridgehead atoms. The molecule has 0 radical (unpaired) electrons. The van der Waals surface area contributed by atoms with Crippen LogP contribution in [0.2, 0.25) is 10.0 Å². The third kappa shape index (κ3) is 6.18. The van der Waals surface area contributed by atoms with Crippen molar-refractivity contribution in [3.05, 3.63) is 28.2 Å². The van der Waals surface area contributed by atoms with Gasteiger partial charge < -0.3 is 19.8 Å². The molecule has 0 aliphatic carbocycles. The second-order valence-electron chi connectivity index (χ2n) is 5.47.